The van der Waals surface area contributed by atoms with E-state index < -0.39 is 0 Å². The van der Waals surface area contributed by atoms with Crippen LogP contribution in [0, 0.1) is 0 Å². The second-order valence-electron chi connectivity index (χ2n) is 4.61. The lowest BCUT2D eigenvalue weighted by Crippen LogP contribution is -2.18. The molecular weight excluding hydrogens is 366 g/mol. The van der Waals surface area contributed by atoms with Crippen LogP contribution < -0.4 is 5.43 Å². The Bertz CT molecular complexity index is 855. The number of fused-ring (bicyclic) bond motifs is 1. The Morgan fingerprint density at radius 3 is 2.64 bits per heavy atom. The van der Waals surface area contributed by atoms with E-state index in [-0.39, 0.29) is 5.91 Å². The van der Waals surface area contributed by atoms with Crippen molar-refractivity contribution in [3.63, 3.8) is 0 Å². The largest absolute Gasteiger partial charge is 0.350 e. The van der Waals surface area contributed by atoms with Gasteiger partial charge in [-0.1, -0.05) is 41.9 Å². The van der Waals surface area contributed by atoms with Crippen LogP contribution in [0.2, 0.25) is 5.02 Å². The molecule has 2 aromatic carbocycles. The van der Waals surface area contributed by atoms with Gasteiger partial charge < -0.3 is 4.98 Å². The minimum Gasteiger partial charge on any atom is -0.350 e. The Hall–Kier alpha value is -2.11. The normalized spacial score (nSPS) is 11.2. The molecule has 4 nitrogen and oxygen atoms in total. The average molecular weight is 377 g/mol. The van der Waals surface area contributed by atoms with E-state index in [4.69, 9.17) is 11.6 Å². The topological polar surface area (TPSA) is 57.2 Å². The van der Waals surface area contributed by atoms with E-state index in [0.29, 0.717) is 10.7 Å². The molecule has 0 atom stereocenters. The number of hydrazone groups is 1. The smallest absolute Gasteiger partial charge is 0.288 e. The molecule has 2 N–H and O–H groups in total. The highest BCUT2D eigenvalue weighted by Gasteiger charge is 2.14. The number of nitrogens with zero attached hydrogens (tertiary/aromatic N) is 1. The number of aromatic nitrogens is 1. The second-order valence-corrected chi connectivity index (χ2v) is 5.84. The summed E-state index contributed by atoms with van der Waals surface area (Å²) in [5.74, 6) is -0.312. The first-order chi connectivity index (χ1) is 10.6. The number of hydrogen-bond acceptors (Lipinski definition) is 2. The SMILES string of the molecule is O=C(N/N=C\c1ccc(Cl)cc1)c1[nH]c2ccccc2c1Br. The second kappa shape index (κ2) is 6.34. The number of rotatable bonds is 3. The zero-order valence-electron chi connectivity index (χ0n) is 11.3. The van der Waals surface area contributed by atoms with Gasteiger partial charge in [-0.15, -0.1) is 0 Å². The Morgan fingerprint density at radius 1 is 1.18 bits per heavy atom. The van der Waals surface area contributed by atoms with Crippen molar-refractivity contribution in [2.75, 3.05) is 0 Å². The van der Waals surface area contributed by atoms with Crippen molar-refractivity contribution in [2.24, 2.45) is 5.10 Å². The highest BCUT2D eigenvalue weighted by atomic mass is 79.9. The van der Waals surface area contributed by atoms with Crippen molar-refractivity contribution in [1.29, 1.82) is 0 Å². The first-order valence-corrected chi connectivity index (χ1v) is 7.67. The zero-order chi connectivity index (χ0) is 15.5. The van der Waals surface area contributed by atoms with Gasteiger partial charge in [-0.05, 0) is 39.7 Å². The maximum atomic E-state index is 12.2. The third-order valence-electron chi connectivity index (χ3n) is 3.12. The quantitative estimate of drug-likeness (QED) is 0.518. The molecule has 1 aromatic heterocycles. The van der Waals surface area contributed by atoms with E-state index in [1.165, 1.54) is 0 Å². The van der Waals surface area contributed by atoms with Crippen LogP contribution in [0.5, 0.6) is 0 Å². The van der Waals surface area contributed by atoms with Crippen LogP contribution in [0.25, 0.3) is 10.9 Å². The Labute approximate surface area is 140 Å². The summed E-state index contributed by atoms with van der Waals surface area (Å²) in [6, 6.07) is 14.8. The molecule has 3 rings (SSSR count). The third kappa shape index (κ3) is 3.05. The molecular formula is C16H11BrClN3O. The third-order valence-corrected chi connectivity index (χ3v) is 4.20. The highest BCUT2D eigenvalue weighted by molar-refractivity contribution is 9.10. The van der Waals surface area contributed by atoms with Gasteiger partial charge >= 0.3 is 0 Å². The fourth-order valence-corrected chi connectivity index (χ4v) is 2.79. The van der Waals surface area contributed by atoms with E-state index >= 15 is 0 Å². The molecule has 0 bridgehead atoms. The molecule has 6 heteroatoms. The van der Waals surface area contributed by atoms with Crippen molar-refractivity contribution < 1.29 is 4.79 Å². The van der Waals surface area contributed by atoms with E-state index in [0.717, 1.165) is 20.9 Å². The standard InChI is InChI=1S/C16H11BrClN3O/c17-14-12-3-1-2-4-13(12)20-15(14)16(22)21-19-9-10-5-7-11(18)8-6-10/h1-9,20H,(H,21,22)/b19-9-. The highest BCUT2D eigenvalue weighted by Crippen LogP contribution is 2.27. The predicted molar refractivity (Wildman–Crippen MR) is 92.5 cm³/mol. The lowest BCUT2D eigenvalue weighted by molar-refractivity contribution is 0.0950. The molecule has 3 aromatic rings. The van der Waals surface area contributed by atoms with Crippen LogP contribution >= 0.6 is 27.5 Å². The molecule has 0 spiro atoms. The van der Waals surface area contributed by atoms with Gasteiger partial charge in [-0.3, -0.25) is 4.79 Å². The van der Waals surface area contributed by atoms with Gasteiger partial charge in [-0.25, -0.2) is 5.43 Å². The van der Waals surface area contributed by atoms with Crippen LogP contribution in [-0.2, 0) is 0 Å². The minimum atomic E-state index is -0.312. The first kappa shape index (κ1) is 14.8. The van der Waals surface area contributed by atoms with E-state index in [2.05, 4.69) is 31.4 Å². The van der Waals surface area contributed by atoms with Gasteiger partial charge in [0.05, 0.1) is 10.7 Å². The molecule has 0 saturated heterocycles. The summed E-state index contributed by atoms with van der Waals surface area (Å²) in [6.45, 7) is 0. The Kier molecular flexibility index (Phi) is 4.27. The van der Waals surface area contributed by atoms with Gasteiger partial charge in [0.1, 0.15) is 5.69 Å². The van der Waals surface area contributed by atoms with Crippen molar-refractivity contribution in [3.8, 4) is 0 Å². The molecule has 1 heterocycles. The predicted octanol–water partition coefficient (Wildman–Crippen LogP) is 4.35. The number of aromatic amines is 1. The van der Waals surface area contributed by atoms with Crippen molar-refractivity contribution >= 4 is 50.6 Å². The number of carbonyl (C=O) groups excluding carboxylic acids is 1. The summed E-state index contributed by atoms with van der Waals surface area (Å²) in [7, 11) is 0. The van der Waals surface area contributed by atoms with Crippen LogP contribution in [0.3, 0.4) is 0 Å². The number of carbonyl (C=O) groups is 1. The molecule has 0 fully saturated rings. The van der Waals surface area contributed by atoms with E-state index in [1.807, 2.05) is 36.4 Å². The number of para-hydroxylation sites is 1. The monoisotopic (exact) mass is 375 g/mol. The van der Waals surface area contributed by atoms with Crippen LogP contribution in [-0.4, -0.2) is 17.1 Å². The van der Waals surface area contributed by atoms with Crippen molar-refractivity contribution in [2.45, 2.75) is 0 Å². The lowest BCUT2D eigenvalue weighted by Gasteiger charge is -1.98. The molecule has 0 aliphatic heterocycles. The summed E-state index contributed by atoms with van der Waals surface area (Å²) >= 11 is 9.25. The summed E-state index contributed by atoms with van der Waals surface area (Å²) in [5, 5.41) is 5.56. The molecule has 0 aliphatic rings. The number of amides is 1. The van der Waals surface area contributed by atoms with Gasteiger partial charge in [0, 0.05) is 15.9 Å². The molecule has 110 valence electrons. The van der Waals surface area contributed by atoms with Crippen LogP contribution in [0.1, 0.15) is 16.1 Å². The summed E-state index contributed by atoms with van der Waals surface area (Å²) in [6.07, 6.45) is 1.56. The van der Waals surface area contributed by atoms with Crippen LogP contribution in [0.15, 0.2) is 58.1 Å². The summed E-state index contributed by atoms with van der Waals surface area (Å²) in [5.41, 5.74) is 4.68. The van der Waals surface area contributed by atoms with E-state index in [9.17, 15) is 4.79 Å². The zero-order valence-corrected chi connectivity index (χ0v) is 13.6. The summed E-state index contributed by atoms with van der Waals surface area (Å²) < 4.78 is 0.724. The molecule has 0 aliphatic carbocycles. The summed E-state index contributed by atoms with van der Waals surface area (Å²) in [4.78, 5) is 15.2. The average Bonchev–Trinajstić information content (AvgIpc) is 2.87. The lowest BCUT2D eigenvalue weighted by atomic mass is 10.2. The van der Waals surface area contributed by atoms with Crippen LogP contribution in [0.4, 0.5) is 0 Å². The molecule has 0 saturated carbocycles. The Balaban J connectivity index is 1.76. The van der Waals surface area contributed by atoms with E-state index in [1.54, 1.807) is 18.3 Å². The van der Waals surface area contributed by atoms with Gasteiger partial charge in [0.25, 0.3) is 5.91 Å². The molecule has 1 amide bonds. The number of hydrogen-bond donors (Lipinski definition) is 2. The maximum Gasteiger partial charge on any atom is 0.288 e. The van der Waals surface area contributed by atoms with Gasteiger partial charge in [0.2, 0.25) is 0 Å². The molecule has 0 radical (unpaired) electrons. The van der Waals surface area contributed by atoms with Gasteiger partial charge in [-0.2, -0.15) is 5.10 Å². The molecule has 0 unspecified atom stereocenters. The number of benzene rings is 2. The first-order valence-electron chi connectivity index (χ1n) is 6.50. The Morgan fingerprint density at radius 2 is 1.91 bits per heavy atom. The minimum absolute atomic E-state index is 0.312. The number of H-pyrrole nitrogens is 1. The maximum absolute atomic E-state index is 12.2. The fourth-order valence-electron chi connectivity index (χ4n) is 2.03. The van der Waals surface area contributed by atoms with Crippen molar-refractivity contribution in [3.05, 3.63) is 69.3 Å². The molecule has 22 heavy (non-hydrogen) atoms. The van der Waals surface area contributed by atoms with Crippen molar-refractivity contribution in [1.82, 2.24) is 10.4 Å². The van der Waals surface area contributed by atoms with Gasteiger partial charge in [0.15, 0.2) is 0 Å². The fraction of sp³-hybridized carbons (Fsp3) is 0. The number of nitrogens with one attached hydrogen (secondary N) is 2. The number of halogens is 2.